The van der Waals surface area contributed by atoms with Crippen molar-refractivity contribution >= 4 is 11.8 Å². The second kappa shape index (κ2) is 7.68. The van der Waals surface area contributed by atoms with E-state index in [0.29, 0.717) is 17.8 Å². The van der Waals surface area contributed by atoms with E-state index in [4.69, 9.17) is 15.3 Å². The van der Waals surface area contributed by atoms with Crippen LogP contribution in [0.1, 0.15) is 12.0 Å². The van der Waals surface area contributed by atoms with E-state index in [2.05, 4.69) is 29.2 Å². The van der Waals surface area contributed by atoms with Gasteiger partial charge in [0.25, 0.3) is 0 Å². The fourth-order valence-electron chi connectivity index (χ4n) is 2.06. The van der Waals surface area contributed by atoms with E-state index in [1.54, 1.807) is 12.2 Å². The zero-order chi connectivity index (χ0) is 16.7. The summed E-state index contributed by atoms with van der Waals surface area (Å²) in [5.41, 5.74) is 2.93. The summed E-state index contributed by atoms with van der Waals surface area (Å²) in [5.74, 6) is 0.701. The number of rotatable bonds is 4. The van der Waals surface area contributed by atoms with Gasteiger partial charge in [-0.05, 0) is 29.8 Å². The molecule has 0 spiro atoms. The lowest BCUT2D eigenvalue weighted by Crippen LogP contribution is -2.07. The summed E-state index contributed by atoms with van der Waals surface area (Å²) in [6.07, 6.45) is 9.44. The molecular weight excluding hydrogens is 286 g/mol. The van der Waals surface area contributed by atoms with E-state index < -0.39 is 0 Å². The molecule has 0 saturated carbocycles. The van der Waals surface area contributed by atoms with Crippen LogP contribution < -0.4 is 4.90 Å². The molecule has 1 aromatic carbocycles. The molecule has 1 aliphatic rings. The number of hydrogen-bond acceptors (Lipinski definition) is 4. The number of hydrogen-bond donors (Lipinski definition) is 0. The van der Waals surface area contributed by atoms with Crippen molar-refractivity contribution in [3.63, 3.8) is 0 Å². The van der Waals surface area contributed by atoms with Crippen LogP contribution in [0.3, 0.4) is 0 Å². The molecule has 1 aliphatic heterocycles. The standard InChI is InChI=1S/C19H17N3O/c1-22(2)18-8-6-15(7-9-18)4-3-5-19-12-16(10-11-23-19)17(13-20)14-21/h3-4,6-12H,5H2,1-2H3. The van der Waals surface area contributed by atoms with E-state index in [1.807, 2.05) is 38.4 Å². The lowest BCUT2D eigenvalue weighted by atomic mass is 10.1. The summed E-state index contributed by atoms with van der Waals surface area (Å²) < 4.78 is 5.41. The Morgan fingerprint density at radius 1 is 1.17 bits per heavy atom. The lowest BCUT2D eigenvalue weighted by molar-refractivity contribution is 0.338. The minimum Gasteiger partial charge on any atom is -0.469 e. The Bertz CT molecular complexity index is 750. The van der Waals surface area contributed by atoms with Gasteiger partial charge in [-0.15, -0.1) is 0 Å². The minimum atomic E-state index is 0.0882. The van der Waals surface area contributed by atoms with Crippen molar-refractivity contribution in [3.8, 4) is 12.1 Å². The predicted molar refractivity (Wildman–Crippen MR) is 91.0 cm³/mol. The molecule has 0 bridgehead atoms. The van der Waals surface area contributed by atoms with Crippen LogP contribution >= 0.6 is 0 Å². The van der Waals surface area contributed by atoms with Gasteiger partial charge in [0.2, 0.25) is 0 Å². The third-order valence-corrected chi connectivity index (χ3v) is 3.33. The average Bonchev–Trinajstić information content (AvgIpc) is 2.57. The summed E-state index contributed by atoms with van der Waals surface area (Å²) >= 11 is 0. The molecule has 0 atom stereocenters. The predicted octanol–water partition coefficient (Wildman–Crippen LogP) is 3.93. The van der Waals surface area contributed by atoms with Gasteiger partial charge in [0.15, 0.2) is 0 Å². The van der Waals surface area contributed by atoms with Crippen molar-refractivity contribution in [2.24, 2.45) is 0 Å². The zero-order valence-electron chi connectivity index (χ0n) is 13.2. The summed E-state index contributed by atoms with van der Waals surface area (Å²) in [7, 11) is 4.01. The first-order valence-corrected chi connectivity index (χ1v) is 7.16. The Balaban J connectivity index is 2.05. The van der Waals surface area contributed by atoms with Gasteiger partial charge in [0.05, 0.1) is 6.26 Å². The van der Waals surface area contributed by atoms with Gasteiger partial charge >= 0.3 is 0 Å². The molecule has 0 fully saturated rings. The van der Waals surface area contributed by atoms with Crippen LogP contribution in [0.4, 0.5) is 5.69 Å². The number of benzene rings is 1. The molecule has 0 saturated heterocycles. The van der Waals surface area contributed by atoms with Gasteiger partial charge < -0.3 is 9.64 Å². The topological polar surface area (TPSA) is 60.0 Å². The number of allylic oxidation sites excluding steroid dienone is 5. The van der Waals surface area contributed by atoms with Crippen LogP contribution in [0, 0.1) is 22.7 Å². The molecule has 0 N–H and O–H groups in total. The molecule has 0 amide bonds. The van der Waals surface area contributed by atoms with Gasteiger partial charge in [0, 0.05) is 31.8 Å². The summed E-state index contributed by atoms with van der Waals surface area (Å²) in [4.78, 5) is 2.05. The van der Waals surface area contributed by atoms with Crippen molar-refractivity contribution in [2.45, 2.75) is 6.42 Å². The maximum Gasteiger partial charge on any atom is 0.137 e. The molecule has 114 valence electrons. The van der Waals surface area contributed by atoms with Gasteiger partial charge in [-0.1, -0.05) is 24.3 Å². The second-order valence-electron chi connectivity index (χ2n) is 5.18. The molecular formula is C19H17N3O. The Hall–Kier alpha value is -3.24. The molecule has 4 heteroatoms. The normalized spacial score (nSPS) is 13.0. The van der Waals surface area contributed by atoms with Gasteiger partial charge in [0.1, 0.15) is 23.5 Å². The monoisotopic (exact) mass is 303 g/mol. The maximum absolute atomic E-state index is 8.90. The molecule has 4 nitrogen and oxygen atoms in total. The SMILES string of the molecule is CN(C)c1ccc(C=CCC2=CC(=C(C#N)C#N)C=CO2)cc1. The molecule has 0 radical (unpaired) electrons. The summed E-state index contributed by atoms with van der Waals surface area (Å²) in [6.45, 7) is 0. The molecule has 2 rings (SSSR count). The lowest BCUT2D eigenvalue weighted by Gasteiger charge is -2.12. The minimum absolute atomic E-state index is 0.0882. The highest BCUT2D eigenvalue weighted by atomic mass is 16.5. The van der Waals surface area contributed by atoms with Gasteiger partial charge in [-0.3, -0.25) is 0 Å². The number of nitrogens with zero attached hydrogens (tertiary/aromatic N) is 3. The molecule has 23 heavy (non-hydrogen) atoms. The summed E-state index contributed by atoms with van der Waals surface area (Å²) in [5, 5.41) is 17.8. The third kappa shape index (κ3) is 4.36. The fourth-order valence-corrected chi connectivity index (χ4v) is 2.06. The van der Waals surface area contributed by atoms with Crippen LogP contribution in [0.25, 0.3) is 6.08 Å². The Kier molecular flexibility index (Phi) is 5.39. The molecule has 1 aromatic rings. The van der Waals surface area contributed by atoms with Crippen molar-refractivity contribution in [1.29, 1.82) is 10.5 Å². The first-order valence-electron chi connectivity index (χ1n) is 7.16. The fraction of sp³-hybridized carbons (Fsp3) is 0.158. The van der Waals surface area contributed by atoms with Crippen LogP contribution in [0.5, 0.6) is 0 Å². The third-order valence-electron chi connectivity index (χ3n) is 3.33. The van der Waals surface area contributed by atoms with Crippen LogP contribution in [-0.2, 0) is 4.74 Å². The van der Waals surface area contributed by atoms with Crippen LogP contribution in [0.15, 0.2) is 65.7 Å². The molecule has 1 heterocycles. The van der Waals surface area contributed by atoms with Crippen molar-refractivity contribution in [2.75, 3.05) is 19.0 Å². The van der Waals surface area contributed by atoms with Crippen molar-refractivity contribution in [3.05, 3.63) is 71.2 Å². The van der Waals surface area contributed by atoms with Crippen molar-refractivity contribution in [1.82, 2.24) is 0 Å². The Labute approximate surface area is 136 Å². The summed E-state index contributed by atoms with van der Waals surface area (Å²) in [6, 6.07) is 12.0. The highest BCUT2D eigenvalue weighted by molar-refractivity contribution is 5.56. The Morgan fingerprint density at radius 3 is 2.48 bits per heavy atom. The molecule has 0 aromatic heterocycles. The van der Waals surface area contributed by atoms with Crippen LogP contribution in [0.2, 0.25) is 0 Å². The zero-order valence-corrected chi connectivity index (χ0v) is 13.2. The van der Waals surface area contributed by atoms with Crippen LogP contribution in [-0.4, -0.2) is 14.1 Å². The molecule has 0 unspecified atom stereocenters. The maximum atomic E-state index is 8.90. The van der Waals surface area contributed by atoms with E-state index in [1.165, 1.54) is 6.26 Å². The quantitative estimate of drug-likeness (QED) is 0.791. The van der Waals surface area contributed by atoms with E-state index >= 15 is 0 Å². The Morgan fingerprint density at radius 2 is 1.87 bits per heavy atom. The van der Waals surface area contributed by atoms with Crippen molar-refractivity contribution < 1.29 is 4.74 Å². The highest BCUT2D eigenvalue weighted by Crippen LogP contribution is 2.20. The second-order valence-corrected chi connectivity index (χ2v) is 5.18. The number of anilines is 1. The van der Waals surface area contributed by atoms with Gasteiger partial charge in [-0.2, -0.15) is 10.5 Å². The van der Waals surface area contributed by atoms with Gasteiger partial charge in [-0.25, -0.2) is 0 Å². The highest BCUT2D eigenvalue weighted by Gasteiger charge is 2.07. The average molecular weight is 303 g/mol. The first kappa shape index (κ1) is 16.1. The molecule has 0 aliphatic carbocycles. The van der Waals surface area contributed by atoms with E-state index in [9.17, 15) is 0 Å². The van der Waals surface area contributed by atoms with E-state index in [-0.39, 0.29) is 5.57 Å². The van der Waals surface area contributed by atoms with E-state index in [0.717, 1.165) is 11.3 Å². The smallest absolute Gasteiger partial charge is 0.137 e. The largest absolute Gasteiger partial charge is 0.469 e. The number of nitriles is 2. The first-order chi connectivity index (χ1) is 11.1. The number of ether oxygens (including phenoxy) is 1.